The Balaban J connectivity index is 1.04. The Kier molecular flexibility index (Phi) is 4.69. The second-order valence-electron chi connectivity index (χ2n) is 8.57. The van der Waals surface area contributed by atoms with Gasteiger partial charge in [0.05, 0.1) is 13.2 Å². The normalized spacial score (nSPS) is 25.9. The van der Waals surface area contributed by atoms with Gasteiger partial charge in [0, 0.05) is 43.7 Å². The molecule has 158 valence electrons. The van der Waals surface area contributed by atoms with Gasteiger partial charge in [-0.3, -0.25) is 9.78 Å². The number of nitrogens with zero attached hydrogens (tertiary/aromatic N) is 3. The molecular weight excluding hydrogens is 388 g/mol. The van der Waals surface area contributed by atoms with Crippen LogP contribution in [0.3, 0.4) is 0 Å². The van der Waals surface area contributed by atoms with E-state index in [0.717, 1.165) is 25.1 Å². The molecule has 1 N–H and O–H groups in total. The summed E-state index contributed by atoms with van der Waals surface area (Å²) in [6.07, 6.45) is 3.98. The van der Waals surface area contributed by atoms with Crippen molar-refractivity contribution < 1.29 is 23.6 Å². The fourth-order valence-electron chi connectivity index (χ4n) is 4.42. The maximum Gasteiger partial charge on any atom is 0.410 e. The van der Waals surface area contributed by atoms with Crippen LogP contribution in [0.5, 0.6) is 0 Å². The summed E-state index contributed by atoms with van der Waals surface area (Å²) in [7, 11) is 0. The smallest absolute Gasteiger partial charge is 0.410 e. The van der Waals surface area contributed by atoms with Crippen molar-refractivity contribution in [2.75, 3.05) is 32.8 Å². The standard InChI is InChI=1S/C21H24N4O5/c1-21(11-28-12-21)29-20(27)25-9-15-14(16(15)10-25)4-6-23-19(26)17-7-18(30-24-17)13-3-2-5-22-8-13/h2-3,5,7-8,14-16H,4,6,9-12H2,1H3,(H,23,26). The van der Waals surface area contributed by atoms with Gasteiger partial charge in [-0.2, -0.15) is 0 Å². The van der Waals surface area contributed by atoms with Crippen molar-refractivity contribution in [1.29, 1.82) is 0 Å². The Labute approximate surface area is 173 Å². The molecule has 5 rings (SSSR count). The van der Waals surface area contributed by atoms with Crippen LogP contribution in [0.1, 0.15) is 23.8 Å². The van der Waals surface area contributed by atoms with Crippen molar-refractivity contribution in [1.82, 2.24) is 20.4 Å². The first-order chi connectivity index (χ1) is 14.5. The SMILES string of the molecule is CC1(OC(=O)N2CC3C(CCNC(=O)c4cc(-c5cccnc5)on4)C3C2)COC1. The van der Waals surface area contributed by atoms with Crippen LogP contribution in [0.2, 0.25) is 0 Å². The molecule has 2 amide bonds. The number of hydrogen-bond donors (Lipinski definition) is 1. The van der Waals surface area contributed by atoms with Crippen molar-refractivity contribution in [3.63, 3.8) is 0 Å². The van der Waals surface area contributed by atoms with Crippen molar-refractivity contribution in [3.8, 4) is 11.3 Å². The molecule has 2 aromatic rings. The molecule has 9 nitrogen and oxygen atoms in total. The van der Waals surface area contributed by atoms with Gasteiger partial charge in [0.15, 0.2) is 17.1 Å². The van der Waals surface area contributed by atoms with Gasteiger partial charge in [0.25, 0.3) is 5.91 Å². The summed E-state index contributed by atoms with van der Waals surface area (Å²) in [6.45, 7) is 4.87. The number of likely N-dealkylation sites (tertiary alicyclic amines) is 1. The molecule has 4 heterocycles. The minimum atomic E-state index is -0.467. The quantitative estimate of drug-likeness (QED) is 0.773. The largest absolute Gasteiger partial charge is 0.438 e. The molecule has 30 heavy (non-hydrogen) atoms. The second-order valence-corrected chi connectivity index (χ2v) is 8.57. The number of amides is 2. The maximum absolute atomic E-state index is 12.3. The zero-order valence-corrected chi connectivity index (χ0v) is 16.7. The van der Waals surface area contributed by atoms with Crippen LogP contribution in [-0.4, -0.2) is 65.5 Å². The highest BCUT2D eigenvalue weighted by Crippen LogP contribution is 2.53. The van der Waals surface area contributed by atoms with Crippen LogP contribution < -0.4 is 5.32 Å². The molecule has 3 fully saturated rings. The zero-order chi connectivity index (χ0) is 20.7. The number of nitrogens with one attached hydrogen (secondary N) is 1. The fraction of sp³-hybridized carbons (Fsp3) is 0.524. The van der Waals surface area contributed by atoms with E-state index < -0.39 is 5.60 Å². The van der Waals surface area contributed by atoms with Gasteiger partial charge in [0.2, 0.25) is 0 Å². The number of ether oxygens (including phenoxy) is 2. The first-order valence-corrected chi connectivity index (χ1v) is 10.2. The maximum atomic E-state index is 12.3. The van der Waals surface area contributed by atoms with E-state index in [1.807, 2.05) is 13.0 Å². The van der Waals surface area contributed by atoms with Gasteiger partial charge in [-0.1, -0.05) is 5.16 Å². The monoisotopic (exact) mass is 412 g/mol. The average Bonchev–Trinajstić information content (AvgIpc) is 3.12. The molecule has 2 unspecified atom stereocenters. The number of carbonyl (C=O) groups excluding carboxylic acids is 2. The van der Waals surface area contributed by atoms with E-state index in [9.17, 15) is 9.59 Å². The molecule has 0 bridgehead atoms. The van der Waals surface area contributed by atoms with E-state index >= 15 is 0 Å². The van der Waals surface area contributed by atoms with Gasteiger partial charge < -0.3 is 24.2 Å². The first kappa shape index (κ1) is 19.0. The van der Waals surface area contributed by atoms with Crippen LogP contribution in [-0.2, 0) is 9.47 Å². The zero-order valence-electron chi connectivity index (χ0n) is 16.7. The summed E-state index contributed by atoms with van der Waals surface area (Å²) in [4.78, 5) is 30.4. The van der Waals surface area contributed by atoms with Crippen LogP contribution in [0.25, 0.3) is 11.3 Å². The van der Waals surface area contributed by atoms with Crippen LogP contribution in [0.4, 0.5) is 4.79 Å². The lowest BCUT2D eigenvalue weighted by Gasteiger charge is -2.38. The second kappa shape index (κ2) is 7.39. The third-order valence-corrected chi connectivity index (χ3v) is 6.23. The summed E-state index contributed by atoms with van der Waals surface area (Å²) in [6, 6.07) is 5.27. The van der Waals surface area contributed by atoms with Crippen LogP contribution in [0, 0.1) is 17.8 Å². The molecule has 2 atom stereocenters. The molecule has 0 spiro atoms. The molecule has 2 aliphatic heterocycles. The topological polar surface area (TPSA) is 107 Å². The molecule has 2 aromatic heterocycles. The van der Waals surface area contributed by atoms with Gasteiger partial charge in [-0.15, -0.1) is 0 Å². The number of carbonyl (C=O) groups is 2. The molecule has 9 heteroatoms. The summed E-state index contributed by atoms with van der Waals surface area (Å²) in [5, 5.41) is 6.76. The Hall–Kier alpha value is -2.94. The predicted octanol–water partition coefficient (Wildman–Crippen LogP) is 1.96. The highest BCUT2D eigenvalue weighted by atomic mass is 16.6. The minimum Gasteiger partial charge on any atom is -0.438 e. The number of fused-ring (bicyclic) bond motifs is 1. The van der Waals surface area contributed by atoms with Crippen molar-refractivity contribution in [3.05, 3.63) is 36.3 Å². The Morgan fingerprint density at radius 2 is 2.13 bits per heavy atom. The molecular formula is C21H24N4O5. The van der Waals surface area contributed by atoms with Crippen molar-refractivity contribution in [2.24, 2.45) is 17.8 Å². The predicted molar refractivity (Wildman–Crippen MR) is 104 cm³/mol. The highest BCUT2D eigenvalue weighted by Gasteiger charge is 2.56. The highest BCUT2D eigenvalue weighted by molar-refractivity contribution is 5.93. The van der Waals surface area contributed by atoms with Gasteiger partial charge in [0.1, 0.15) is 0 Å². The summed E-state index contributed by atoms with van der Waals surface area (Å²) in [5.74, 6) is 1.81. The van der Waals surface area contributed by atoms with Gasteiger partial charge >= 0.3 is 6.09 Å². The van der Waals surface area contributed by atoms with Crippen LogP contribution in [0.15, 0.2) is 35.1 Å². The summed E-state index contributed by atoms with van der Waals surface area (Å²) >= 11 is 0. The number of hydrogen-bond acceptors (Lipinski definition) is 7. The molecule has 0 aromatic carbocycles. The molecule has 1 saturated carbocycles. The van der Waals surface area contributed by atoms with Crippen molar-refractivity contribution in [2.45, 2.75) is 18.9 Å². The number of pyridine rings is 1. The molecule has 1 aliphatic carbocycles. The fourth-order valence-corrected chi connectivity index (χ4v) is 4.42. The lowest BCUT2D eigenvalue weighted by molar-refractivity contribution is -0.171. The minimum absolute atomic E-state index is 0.240. The number of rotatable bonds is 6. The van der Waals surface area contributed by atoms with Crippen molar-refractivity contribution >= 4 is 12.0 Å². The van der Waals surface area contributed by atoms with Gasteiger partial charge in [-0.05, 0) is 43.2 Å². The Morgan fingerprint density at radius 3 is 2.80 bits per heavy atom. The lowest BCUT2D eigenvalue weighted by atomic mass is 10.1. The average molecular weight is 412 g/mol. The Morgan fingerprint density at radius 1 is 1.33 bits per heavy atom. The van der Waals surface area contributed by atoms with E-state index in [1.54, 1.807) is 29.4 Å². The Bertz CT molecular complexity index is 930. The lowest BCUT2D eigenvalue weighted by Crippen LogP contribution is -2.52. The third kappa shape index (κ3) is 3.65. The molecule has 2 saturated heterocycles. The van der Waals surface area contributed by atoms with Crippen LogP contribution >= 0.6 is 0 Å². The third-order valence-electron chi connectivity index (χ3n) is 6.23. The van der Waals surface area contributed by atoms with E-state index in [0.29, 0.717) is 43.3 Å². The van der Waals surface area contributed by atoms with E-state index in [4.69, 9.17) is 14.0 Å². The van der Waals surface area contributed by atoms with E-state index in [1.165, 1.54) is 0 Å². The molecule has 3 aliphatic rings. The van der Waals surface area contributed by atoms with Gasteiger partial charge in [-0.25, -0.2) is 4.79 Å². The number of piperidine rings is 1. The summed E-state index contributed by atoms with van der Waals surface area (Å²) in [5.41, 5.74) is 0.565. The summed E-state index contributed by atoms with van der Waals surface area (Å²) < 4.78 is 15.9. The van der Waals surface area contributed by atoms with E-state index in [2.05, 4.69) is 15.5 Å². The first-order valence-electron chi connectivity index (χ1n) is 10.2. The van der Waals surface area contributed by atoms with E-state index in [-0.39, 0.29) is 17.7 Å². The number of aromatic nitrogens is 2. The molecule has 0 radical (unpaired) electrons.